The van der Waals surface area contributed by atoms with Crippen LogP contribution < -0.4 is 5.32 Å². The Morgan fingerprint density at radius 2 is 2.27 bits per heavy atom. The van der Waals surface area contributed by atoms with E-state index >= 15 is 0 Å². The summed E-state index contributed by atoms with van der Waals surface area (Å²) in [6, 6.07) is 4.47. The highest BCUT2D eigenvalue weighted by Crippen LogP contribution is 2.26. The number of nitrogens with one attached hydrogen (secondary N) is 1. The van der Waals surface area contributed by atoms with E-state index in [1.807, 2.05) is 0 Å². The number of aromatic nitrogens is 2. The maximum atomic E-state index is 12.1. The zero-order chi connectivity index (χ0) is 15.5. The van der Waals surface area contributed by atoms with Gasteiger partial charge in [0.15, 0.2) is 0 Å². The summed E-state index contributed by atoms with van der Waals surface area (Å²) in [4.78, 5) is 26.8. The predicted molar refractivity (Wildman–Crippen MR) is 79.9 cm³/mol. The number of hydrogen-bond acceptors (Lipinski definition) is 4. The molecule has 0 unspecified atom stereocenters. The molecule has 1 amide bonds. The smallest absolute Gasteiger partial charge is 0.294 e. The molecule has 1 saturated carbocycles. The van der Waals surface area contributed by atoms with Gasteiger partial charge in [-0.25, -0.2) is 4.98 Å². The summed E-state index contributed by atoms with van der Waals surface area (Å²) in [6.07, 6.45) is 8.14. The molecule has 0 aliphatic heterocycles. The first-order chi connectivity index (χ1) is 10.6. The second-order valence-electron chi connectivity index (χ2n) is 5.44. The van der Waals surface area contributed by atoms with Crippen LogP contribution in [-0.4, -0.2) is 26.9 Å². The van der Waals surface area contributed by atoms with Gasteiger partial charge in [0.25, 0.3) is 11.6 Å². The molecule has 0 saturated heterocycles. The number of nitro benzene ring substituents is 1. The first-order valence-electron chi connectivity index (χ1n) is 7.20. The SMILES string of the molecule is O=C(NCC1CCC1)c1ccc(-n2ccnc2)c([N+](=O)[O-])c1. The molecule has 114 valence electrons. The Labute approximate surface area is 127 Å². The van der Waals surface area contributed by atoms with Crippen molar-refractivity contribution in [1.29, 1.82) is 0 Å². The van der Waals surface area contributed by atoms with E-state index in [2.05, 4.69) is 10.3 Å². The minimum atomic E-state index is -0.488. The van der Waals surface area contributed by atoms with Crippen molar-refractivity contribution in [3.05, 3.63) is 52.6 Å². The highest BCUT2D eigenvalue weighted by atomic mass is 16.6. The zero-order valence-electron chi connectivity index (χ0n) is 11.9. The number of nitro groups is 1. The average molecular weight is 300 g/mol. The van der Waals surface area contributed by atoms with Crippen LogP contribution in [0.1, 0.15) is 29.6 Å². The summed E-state index contributed by atoms with van der Waals surface area (Å²) < 4.78 is 1.55. The molecule has 1 fully saturated rings. The van der Waals surface area contributed by atoms with Crippen LogP contribution in [0.25, 0.3) is 5.69 Å². The van der Waals surface area contributed by atoms with E-state index in [1.165, 1.54) is 18.8 Å². The third-order valence-corrected chi connectivity index (χ3v) is 3.99. The van der Waals surface area contributed by atoms with Crippen molar-refractivity contribution in [2.45, 2.75) is 19.3 Å². The van der Waals surface area contributed by atoms with Crippen LogP contribution in [-0.2, 0) is 0 Å². The molecule has 7 nitrogen and oxygen atoms in total. The molecule has 0 atom stereocenters. The zero-order valence-corrected chi connectivity index (χ0v) is 11.9. The highest BCUT2D eigenvalue weighted by Gasteiger charge is 2.21. The van der Waals surface area contributed by atoms with Crippen LogP contribution in [0.5, 0.6) is 0 Å². The Kier molecular flexibility index (Phi) is 3.86. The molecule has 0 radical (unpaired) electrons. The van der Waals surface area contributed by atoms with Crippen LogP contribution in [0.15, 0.2) is 36.9 Å². The summed E-state index contributed by atoms with van der Waals surface area (Å²) in [6.45, 7) is 0.635. The van der Waals surface area contributed by atoms with Crippen LogP contribution in [0.2, 0.25) is 0 Å². The molecule has 22 heavy (non-hydrogen) atoms. The van der Waals surface area contributed by atoms with Crippen LogP contribution in [0.4, 0.5) is 5.69 Å². The Morgan fingerprint density at radius 1 is 1.45 bits per heavy atom. The molecule has 1 aliphatic rings. The van der Waals surface area contributed by atoms with Crippen LogP contribution >= 0.6 is 0 Å². The lowest BCUT2D eigenvalue weighted by Gasteiger charge is -2.25. The van der Waals surface area contributed by atoms with E-state index < -0.39 is 4.92 Å². The topological polar surface area (TPSA) is 90.1 Å². The molecule has 1 aliphatic carbocycles. The molecule has 7 heteroatoms. The quantitative estimate of drug-likeness (QED) is 0.677. The van der Waals surface area contributed by atoms with Crippen LogP contribution in [0.3, 0.4) is 0 Å². The monoisotopic (exact) mass is 300 g/mol. The predicted octanol–water partition coefficient (Wildman–Crippen LogP) is 2.31. The maximum Gasteiger partial charge on any atom is 0.294 e. The van der Waals surface area contributed by atoms with Crippen molar-refractivity contribution in [1.82, 2.24) is 14.9 Å². The molecule has 0 spiro atoms. The fraction of sp³-hybridized carbons (Fsp3) is 0.333. The van der Waals surface area contributed by atoms with E-state index in [0.29, 0.717) is 23.7 Å². The molecule has 2 aromatic rings. The Morgan fingerprint density at radius 3 is 2.86 bits per heavy atom. The third-order valence-electron chi connectivity index (χ3n) is 3.99. The normalized spacial score (nSPS) is 14.4. The van der Waals surface area contributed by atoms with Gasteiger partial charge in [-0.15, -0.1) is 0 Å². The summed E-state index contributed by atoms with van der Waals surface area (Å²) in [5.74, 6) is 0.274. The lowest BCUT2D eigenvalue weighted by atomic mass is 9.85. The Bertz CT molecular complexity index is 693. The van der Waals surface area contributed by atoms with E-state index in [0.717, 1.165) is 12.8 Å². The molecule has 0 bridgehead atoms. The van der Waals surface area contributed by atoms with Gasteiger partial charge in [0.05, 0.1) is 11.3 Å². The van der Waals surface area contributed by atoms with Crippen molar-refractivity contribution < 1.29 is 9.72 Å². The summed E-state index contributed by atoms with van der Waals surface area (Å²) >= 11 is 0. The molecule has 3 rings (SSSR count). The number of carbonyl (C=O) groups excluding carboxylic acids is 1. The lowest BCUT2D eigenvalue weighted by molar-refractivity contribution is -0.384. The molecular weight excluding hydrogens is 284 g/mol. The lowest BCUT2D eigenvalue weighted by Crippen LogP contribution is -2.32. The molecular formula is C15H16N4O3. The standard InChI is InChI=1S/C15H16N4O3/c20-15(17-9-11-2-1-3-11)12-4-5-13(14(8-12)19(21)22)18-7-6-16-10-18/h4-8,10-11H,1-3,9H2,(H,17,20). The molecule has 1 aromatic heterocycles. The second-order valence-corrected chi connectivity index (χ2v) is 5.44. The Hall–Kier alpha value is -2.70. The van der Waals surface area contributed by atoms with Gasteiger partial charge < -0.3 is 9.88 Å². The first-order valence-corrected chi connectivity index (χ1v) is 7.20. The fourth-order valence-electron chi connectivity index (χ4n) is 2.47. The van der Waals surface area contributed by atoms with Crippen molar-refractivity contribution in [3.8, 4) is 5.69 Å². The first kappa shape index (κ1) is 14.2. The van der Waals surface area contributed by atoms with Crippen molar-refractivity contribution in [3.63, 3.8) is 0 Å². The Balaban J connectivity index is 1.82. The van der Waals surface area contributed by atoms with Gasteiger partial charge in [-0.1, -0.05) is 6.42 Å². The third kappa shape index (κ3) is 2.83. The number of amides is 1. The summed E-state index contributed by atoms with van der Waals surface area (Å²) in [5, 5.41) is 14.1. The van der Waals surface area contributed by atoms with Crippen molar-refractivity contribution >= 4 is 11.6 Å². The van der Waals surface area contributed by atoms with Gasteiger partial charge in [0.1, 0.15) is 5.69 Å². The molecule has 1 N–H and O–H groups in total. The number of nitrogens with zero attached hydrogens (tertiary/aromatic N) is 3. The largest absolute Gasteiger partial charge is 0.352 e. The van der Waals surface area contributed by atoms with Crippen LogP contribution in [0, 0.1) is 16.0 Å². The van der Waals surface area contributed by atoms with Gasteiger partial charge in [0.2, 0.25) is 0 Å². The highest BCUT2D eigenvalue weighted by molar-refractivity contribution is 5.95. The maximum absolute atomic E-state index is 12.1. The minimum absolute atomic E-state index is 0.116. The van der Waals surface area contributed by atoms with Gasteiger partial charge in [-0.05, 0) is 30.9 Å². The number of carbonyl (C=O) groups is 1. The van der Waals surface area contributed by atoms with Crippen molar-refractivity contribution in [2.75, 3.05) is 6.54 Å². The van der Waals surface area contributed by atoms with Gasteiger partial charge >= 0.3 is 0 Å². The van der Waals surface area contributed by atoms with E-state index in [-0.39, 0.29) is 11.6 Å². The minimum Gasteiger partial charge on any atom is -0.352 e. The summed E-state index contributed by atoms with van der Waals surface area (Å²) in [5.41, 5.74) is 0.572. The van der Waals surface area contributed by atoms with Gasteiger partial charge in [-0.3, -0.25) is 14.9 Å². The van der Waals surface area contributed by atoms with E-state index in [9.17, 15) is 14.9 Å². The number of rotatable bonds is 5. The number of imidazole rings is 1. The molecule has 1 aromatic carbocycles. The van der Waals surface area contributed by atoms with E-state index in [4.69, 9.17) is 0 Å². The fourth-order valence-corrected chi connectivity index (χ4v) is 2.47. The van der Waals surface area contributed by atoms with Gasteiger partial charge in [0, 0.05) is 30.6 Å². The second kappa shape index (κ2) is 5.97. The summed E-state index contributed by atoms with van der Waals surface area (Å²) in [7, 11) is 0. The number of hydrogen-bond donors (Lipinski definition) is 1. The number of benzene rings is 1. The average Bonchev–Trinajstić information content (AvgIpc) is 2.98. The molecule has 1 heterocycles. The van der Waals surface area contributed by atoms with Crippen molar-refractivity contribution in [2.24, 2.45) is 5.92 Å². The van der Waals surface area contributed by atoms with Gasteiger partial charge in [-0.2, -0.15) is 0 Å². The van der Waals surface area contributed by atoms with E-state index in [1.54, 1.807) is 29.1 Å².